The van der Waals surface area contributed by atoms with Gasteiger partial charge in [-0.1, -0.05) is 73.9 Å². The molecule has 4 rings (SSSR count). The SMILES string of the molecule is CCCCCOc1ccc(C2C(=C(O)c3cc(C)ccc3C)C(=O)C(=O)N2CCc2ccccc2)cc1OC. The van der Waals surface area contributed by atoms with Gasteiger partial charge in [-0.15, -0.1) is 0 Å². The first-order chi connectivity index (χ1) is 18.8. The van der Waals surface area contributed by atoms with Crippen LogP contribution >= 0.6 is 0 Å². The minimum absolute atomic E-state index is 0.0837. The molecule has 204 valence electrons. The van der Waals surface area contributed by atoms with E-state index in [9.17, 15) is 14.7 Å². The highest BCUT2D eigenvalue weighted by Gasteiger charge is 2.46. The molecular formula is C33H37NO5. The number of nitrogens with zero attached hydrogens (tertiary/aromatic N) is 1. The fourth-order valence-electron chi connectivity index (χ4n) is 5.00. The molecule has 6 nitrogen and oxygen atoms in total. The van der Waals surface area contributed by atoms with E-state index in [1.807, 2.05) is 74.5 Å². The molecule has 6 heteroatoms. The Morgan fingerprint density at radius 2 is 1.72 bits per heavy atom. The summed E-state index contributed by atoms with van der Waals surface area (Å²) in [5.74, 6) is -0.356. The van der Waals surface area contributed by atoms with E-state index in [1.165, 1.54) is 0 Å². The molecule has 0 bridgehead atoms. The molecule has 0 spiro atoms. The largest absolute Gasteiger partial charge is 0.507 e. The molecular weight excluding hydrogens is 490 g/mol. The minimum atomic E-state index is -0.767. The van der Waals surface area contributed by atoms with E-state index in [0.29, 0.717) is 42.2 Å². The number of aliphatic hydroxyl groups is 1. The van der Waals surface area contributed by atoms with Crippen LogP contribution in [-0.2, 0) is 16.0 Å². The van der Waals surface area contributed by atoms with Gasteiger partial charge in [0, 0.05) is 12.1 Å². The summed E-state index contributed by atoms with van der Waals surface area (Å²) < 4.78 is 11.6. The van der Waals surface area contributed by atoms with Gasteiger partial charge in [-0.25, -0.2) is 0 Å². The molecule has 0 aromatic heterocycles. The molecule has 39 heavy (non-hydrogen) atoms. The van der Waals surface area contributed by atoms with Gasteiger partial charge in [-0.05, 0) is 61.6 Å². The first-order valence-electron chi connectivity index (χ1n) is 13.6. The molecule has 1 aliphatic heterocycles. The van der Waals surface area contributed by atoms with Gasteiger partial charge in [-0.3, -0.25) is 9.59 Å². The van der Waals surface area contributed by atoms with Gasteiger partial charge in [0.05, 0.1) is 25.3 Å². The van der Waals surface area contributed by atoms with Crippen molar-refractivity contribution >= 4 is 17.4 Å². The summed E-state index contributed by atoms with van der Waals surface area (Å²) in [6.07, 6.45) is 3.69. The highest BCUT2D eigenvalue weighted by molar-refractivity contribution is 6.46. The second-order valence-electron chi connectivity index (χ2n) is 10.0. The normalized spacial score (nSPS) is 16.5. The summed E-state index contributed by atoms with van der Waals surface area (Å²) in [5, 5.41) is 11.5. The quantitative estimate of drug-likeness (QED) is 0.133. The van der Waals surface area contributed by atoms with Crippen LogP contribution in [0.15, 0.2) is 72.3 Å². The molecule has 3 aromatic rings. The van der Waals surface area contributed by atoms with Crippen molar-refractivity contribution in [2.75, 3.05) is 20.3 Å². The first-order valence-corrected chi connectivity index (χ1v) is 13.6. The lowest BCUT2D eigenvalue weighted by Gasteiger charge is -2.26. The molecule has 0 radical (unpaired) electrons. The zero-order valence-electron chi connectivity index (χ0n) is 23.2. The molecule has 3 aromatic carbocycles. The minimum Gasteiger partial charge on any atom is -0.507 e. The maximum atomic E-state index is 13.5. The summed E-state index contributed by atoms with van der Waals surface area (Å²) in [4.78, 5) is 28.4. The molecule has 0 aliphatic carbocycles. The molecule has 0 saturated carbocycles. The summed E-state index contributed by atoms with van der Waals surface area (Å²) in [6.45, 7) is 6.84. The van der Waals surface area contributed by atoms with Gasteiger partial charge in [0.2, 0.25) is 0 Å². The Morgan fingerprint density at radius 1 is 0.949 bits per heavy atom. The third-order valence-corrected chi connectivity index (χ3v) is 7.18. The van der Waals surface area contributed by atoms with Crippen molar-refractivity contribution in [2.45, 2.75) is 52.5 Å². The maximum Gasteiger partial charge on any atom is 0.295 e. The van der Waals surface area contributed by atoms with Crippen LogP contribution in [0.2, 0.25) is 0 Å². The van der Waals surface area contributed by atoms with Crippen LogP contribution in [0.4, 0.5) is 0 Å². The number of methoxy groups -OCH3 is 1. The predicted molar refractivity (Wildman–Crippen MR) is 153 cm³/mol. The van der Waals surface area contributed by atoms with Crippen molar-refractivity contribution in [1.29, 1.82) is 0 Å². The molecule has 1 aliphatic rings. The second-order valence-corrected chi connectivity index (χ2v) is 10.0. The number of carbonyl (C=O) groups excluding carboxylic acids is 2. The average Bonchev–Trinajstić information content (AvgIpc) is 3.20. The topological polar surface area (TPSA) is 76.1 Å². The van der Waals surface area contributed by atoms with Crippen molar-refractivity contribution < 1.29 is 24.2 Å². The first kappa shape index (κ1) is 28.0. The van der Waals surface area contributed by atoms with Crippen molar-refractivity contribution in [3.63, 3.8) is 0 Å². The fourth-order valence-corrected chi connectivity index (χ4v) is 5.00. The van der Waals surface area contributed by atoms with Crippen molar-refractivity contribution in [2.24, 2.45) is 0 Å². The number of benzene rings is 3. The number of hydrogen-bond acceptors (Lipinski definition) is 5. The Hall–Kier alpha value is -4.06. The smallest absolute Gasteiger partial charge is 0.295 e. The highest BCUT2D eigenvalue weighted by atomic mass is 16.5. The van der Waals surface area contributed by atoms with Gasteiger partial charge in [0.15, 0.2) is 11.5 Å². The summed E-state index contributed by atoms with van der Waals surface area (Å²) in [7, 11) is 1.57. The Morgan fingerprint density at radius 3 is 2.44 bits per heavy atom. The number of carbonyl (C=O) groups is 2. The van der Waals surface area contributed by atoms with E-state index in [2.05, 4.69) is 6.92 Å². The van der Waals surface area contributed by atoms with Crippen molar-refractivity contribution in [1.82, 2.24) is 4.90 Å². The Bertz CT molecular complexity index is 1360. The lowest BCUT2D eigenvalue weighted by molar-refractivity contribution is -0.139. The van der Waals surface area contributed by atoms with Gasteiger partial charge in [0.25, 0.3) is 11.7 Å². The number of ether oxygens (including phenoxy) is 2. The standard InChI is InChI=1S/C33H37NO5/c1-5-6-10-19-39-27-16-15-25(21-28(27)38-4)30-29(31(35)26-20-22(2)13-14-23(26)3)32(36)33(37)34(30)18-17-24-11-8-7-9-12-24/h7-9,11-16,20-21,30,35H,5-6,10,17-19H2,1-4H3. The molecule has 1 amide bonds. The van der Waals surface area contributed by atoms with E-state index >= 15 is 0 Å². The number of unbranched alkanes of at least 4 members (excludes halogenated alkanes) is 2. The zero-order chi connectivity index (χ0) is 27.9. The summed E-state index contributed by atoms with van der Waals surface area (Å²) in [5.41, 5.74) is 4.13. The Kier molecular flexibility index (Phi) is 9.07. The number of aliphatic hydroxyl groups excluding tert-OH is 1. The zero-order valence-corrected chi connectivity index (χ0v) is 23.2. The molecule has 1 unspecified atom stereocenters. The van der Waals surface area contributed by atoms with Crippen molar-refractivity contribution in [3.05, 3.63) is 100 Å². The lowest BCUT2D eigenvalue weighted by Crippen LogP contribution is -2.31. The van der Waals surface area contributed by atoms with E-state index in [0.717, 1.165) is 36.0 Å². The van der Waals surface area contributed by atoms with Crippen LogP contribution < -0.4 is 9.47 Å². The Balaban J connectivity index is 1.78. The fraction of sp³-hybridized carbons (Fsp3) is 0.333. The van der Waals surface area contributed by atoms with Crippen LogP contribution in [0.25, 0.3) is 5.76 Å². The van der Waals surface area contributed by atoms with Crippen LogP contribution in [-0.4, -0.2) is 42.0 Å². The number of likely N-dealkylation sites (tertiary alicyclic amines) is 1. The third kappa shape index (κ3) is 6.17. The molecule has 1 atom stereocenters. The molecule has 1 N–H and O–H groups in total. The number of hydrogen-bond donors (Lipinski definition) is 1. The molecule has 1 fully saturated rings. The molecule has 1 heterocycles. The average molecular weight is 528 g/mol. The van der Waals surface area contributed by atoms with Crippen LogP contribution in [0.1, 0.15) is 60.0 Å². The predicted octanol–water partition coefficient (Wildman–Crippen LogP) is 6.55. The summed E-state index contributed by atoms with van der Waals surface area (Å²) in [6, 6.07) is 20.2. The number of aryl methyl sites for hydroxylation is 2. The third-order valence-electron chi connectivity index (χ3n) is 7.18. The lowest BCUT2D eigenvalue weighted by atomic mass is 9.93. The number of rotatable bonds is 11. The van der Waals surface area contributed by atoms with Gasteiger partial charge in [0.1, 0.15) is 5.76 Å². The van der Waals surface area contributed by atoms with E-state index in [-0.39, 0.29) is 11.3 Å². The van der Waals surface area contributed by atoms with E-state index in [4.69, 9.17) is 9.47 Å². The number of amides is 1. The summed E-state index contributed by atoms with van der Waals surface area (Å²) >= 11 is 0. The van der Waals surface area contributed by atoms with Gasteiger partial charge in [-0.2, -0.15) is 0 Å². The Labute approximate surface area is 230 Å². The maximum absolute atomic E-state index is 13.5. The second kappa shape index (κ2) is 12.7. The van der Waals surface area contributed by atoms with Crippen molar-refractivity contribution in [3.8, 4) is 11.5 Å². The highest BCUT2D eigenvalue weighted by Crippen LogP contribution is 2.42. The van der Waals surface area contributed by atoms with Crippen LogP contribution in [0, 0.1) is 13.8 Å². The molecule has 1 saturated heterocycles. The van der Waals surface area contributed by atoms with E-state index in [1.54, 1.807) is 18.1 Å². The van der Waals surface area contributed by atoms with E-state index < -0.39 is 17.7 Å². The van der Waals surface area contributed by atoms with Gasteiger partial charge < -0.3 is 19.5 Å². The number of ketones is 1. The van der Waals surface area contributed by atoms with Gasteiger partial charge >= 0.3 is 0 Å². The number of Topliss-reactive ketones (excluding diaryl/α,β-unsaturated/α-hetero) is 1. The van der Waals surface area contributed by atoms with Crippen LogP contribution in [0.3, 0.4) is 0 Å². The monoisotopic (exact) mass is 527 g/mol. The van der Waals surface area contributed by atoms with Crippen LogP contribution in [0.5, 0.6) is 11.5 Å².